The summed E-state index contributed by atoms with van der Waals surface area (Å²) in [4.78, 5) is 26.1. The van der Waals surface area contributed by atoms with Gasteiger partial charge in [0, 0.05) is 6.42 Å². The first kappa shape index (κ1) is 59.8. The Morgan fingerprint density at radius 1 is 0.476 bits per heavy atom. The van der Waals surface area contributed by atoms with Crippen LogP contribution in [0.4, 0.5) is 0 Å². The number of aliphatic hydroxyl groups excluding tert-OH is 2. The minimum atomic E-state index is -0.814. The first-order chi connectivity index (χ1) is 31.0. The van der Waals surface area contributed by atoms with Crippen molar-refractivity contribution in [1.29, 1.82) is 0 Å². The molecule has 3 atom stereocenters. The van der Waals surface area contributed by atoms with Crippen LogP contribution in [0.25, 0.3) is 0 Å². The first-order valence-electron chi connectivity index (χ1n) is 26.1. The van der Waals surface area contributed by atoms with E-state index in [-0.39, 0.29) is 24.9 Å². The normalized spacial score (nSPS) is 14.0. The minimum Gasteiger partial charge on any atom is -0.462 e. The SMILES string of the molecule is CC/C=C/C=C/C=C\C=C/C=C/CCCC(CC(=O)NC(CO)C(O)CCCCCCCCCCCCCCCCCC)OC(=O)CCCCCCCCC/C=C/C=C/C=C/CC. The first-order valence-corrected chi connectivity index (χ1v) is 26.1. The van der Waals surface area contributed by atoms with Crippen LogP contribution in [-0.2, 0) is 14.3 Å². The van der Waals surface area contributed by atoms with Gasteiger partial charge in [0.05, 0.1) is 25.2 Å². The molecular formula is C57H97NO5. The molecule has 3 N–H and O–H groups in total. The molecule has 0 fully saturated rings. The molecule has 3 unspecified atom stereocenters. The largest absolute Gasteiger partial charge is 0.462 e. The summed E-state index contributed by atoms with van der Waals surface area (Å²) in [6, 6.07) is -0.733. The zero-order chi connectivity index (χ0) is 45.9. The Labute approximate surface area is 388 Å². The summed E-state index contributed by atoms with van der Waals surface area (Å²) in [6.07, 6.45) is 66.1. The topological polar surface area (TPSA) is 95.9 Å². The maximum atomic E-state index is 13.2. The number of ether oxygens (including phenoxy) is 1. The maximum absolute atomic E-state index is 13.2. The molecule has 6 heteroatoms. The molecule has 0 heterocycles. The van der Waals surface area contributed by atoms with Crippen LogP contribution in [0, 0.1) is 0 Å². The molecule has 0 aliphatic heterocycles. The van der Waals surface area contributed by atoms with Crippen LogP contribution in [0.15, 0.2) is 97.2 Å². The Bertz CT molecular complexity index is 1260. The van der Waals surface area contributed by atoms with Crippen molar-refractivity contribution >= 4 is 11.9 Å². The molecule has 0 saturated carbocycles. The van der Waals surface area contributed by atoms with Crippen LogP contribution in [0.3, 0.4) is 0 Å². The zero-order valence-corrected chi connectivity index (χ0v) is 40.9. The average Bonchev–Trinajstić information content (AvgIpc) is 3.28. The van der Waals surface area contributed by atoms with Crippen molar-refractivity contribution in [3.05, 3.63) is 97.2 Å². The van der Waals surface area contributed by atoms with Crippen LogP contribution >= 0.6 is 0 Å². The lowest BCUT2D eigenvalue weighted by atomic mass is 10.0. The highest BCUT2D eigenvalue weighted by Crippen LogP contribution is 2.17. The Morgan fingerprint density at radius 3 is 1.33 bits per heavy atom. The molecule has 6 nitrogen and oxygen atoms in total. The summed E-state index contributed by atoms with van der Waals surface area (Å²) in [6.45, 7) is 6.19. The van der Waals surface area contributed by atoms with E-state index in [9.17, 15) is 19.8 Å². The highest BCUT2D eigenvalue weighted by molar-refractivity contribution is 5.77. The van der Waals surface area contributed by atoms with E-state index in [2.05, 4.69) is 74.7 Å². The third-order valence-corrected chi connectivity index (χ3v) is 11.3. The molecule has 0 aromatic carbocycles. The van der Waals surface area contributed by atoms with Gasteiger partial charge in [0.25, 0.3) is 0 Å². The molecule has 0 aliphatic rings. The zero-order valence-electron chi connectivity index (χ0n) is 40.9. The van der Waals surface area contributed by atoms with E-state index in [0.29, 0.717) is 19.3 Å². The van der Waals surface area contributed by atoms with E-state index < -0.39 is 18.2 Å². The van der Waals surface area contributed by atoms with Gasteiger partial charge in [0.15, 0.2) is 0 Å². The fraction of sp³-hybridized carbons (Fsp3) is 0.684. The van der Waals surface area contributed by atoms with Gasteiger partial charge >= 0.3 is 5.97 Å². The second-order valence-corrected chi connectivity index (χ2v) is 17.3. The molecule has 0 spiro atoms. The fourth-order valence-electron chi connectivity index (χ4n) is 7.46. The van der Waals surface area contributed by atoms with E-state index in [0.717, 1.165) is 70.6 Å². The molecule has 63 heavy (non-hydrogen) atoms. The molecule has 0 aromatic rings. The molecule has 0 saturated heterocycles. The van der Waals surface area contributed by atoms with Gasteiger partial charge in [0.1, 0.15) is 6.10 Å². The van der Waals surface area contributed by atoms with Crippen molar-refractivity contribution in [2.75, 3.05) is 6.61 Å². The Hall–Kier alpha value is -3.22. The second kappa shape index (κ2) is 49.8. The number of allylic oxidation sites excluding steroid dienone is 16. The number of hydrogen-bond donors (Lipinski definition) is 3. The number of unbranched alkanes of at least 4 members (excludes halogenated alkanes) is 23. The summed E-state index contributed by atoms with van der Waals surface area (Å²) in [5.74, 6) is -0.566. The van der Waals surface area contributed by atoms with E-state index in [1.807, 2.05) is 48.6 Å². The van der Waals surface area contributed by atoms with Gasteiger partial charge in [-0.3, -0.25) is 9.59 Å². The van der Waals surface area contributed by atoms with Gasteiger partial charge in [-0.1, -0.05) is 253 Å². The van der Waals surface area contributed by atoms with Crippen LogP contribution in [0.1, 0.15) is 226 Å². The highest BCUT2D eigenvalue weighted by atomic mass is 16.5. The summed E-state index contributed by atoms with van der Waals surface area (Å²) in [5.41, 5.74) is 0. The lowest BCUT2D eigenvalue weighted by Gasteiger charge is -2.24. The Morgan fingerprint density at radius 2 is 0.873 bits per heavy atom. The van der Waals surface area contributed by atoms with Crippen molar-refractivity contribution < 1.29 is 24.5 Å². The molecule has 0 rings (SSSR count). The van der Waals surface area contributed by atoms with Crippen LogP contribution in [-0.4, -0.2) is 46.9 Å². The lowest BCUT2D eigenvalue weighted by molar-refractivity contribution is -0.151. The lowest BCUT2D eigenvalue weighted by Crippen LogP contribution is -2.46. The number of carbonyl (C=O) groups excluding carboxylic acids is 2. The van der Waals surface area contributed by atoms with Gasteiger partial charge < -0.3 is 20.3 Å². The summed E-state index contributed by atoms with van der Waals surface area (Å²) in [7, 11) is 0. The third kappa shape index (κ3) is 45.2. The predicted molar refractivity (Wildman–Crippen MR) is 273 cm³/mol. The molecule has 1 amide bonds. The predicted octanol–water partition coefficient (Wildman–Crippen LogP) is 15.7. The second-order valence-electron chi connectivity index (χ2n) is 17.3. The van der Waals surface area contributed by atoms with E-state index in [1.165, 1.54) is 109 Å². The monoisotopic (exact) mass is 876 g/mol. The van der Waals surface area contributed by atoms with Crippen LogP contribution in [0.5, 0.6) is 0 Å². The maximum Gasteiger partial charge on any atom is 0.306 e. The van der Waals surface area contributed by atoms with E-state index in [4.69, 9.17) is 4.74 Å². The highest BCUT2D eigenvalue weighted by Gasteiger charge is 2.24. The van der Waals surface area contributed by atoms with Gasteiger partial charge in [-0.05, 0) is 57.8 Å². The summed E-state index contributed by atoms with van der Waals surface area (Å²) in [5, 5.41) is 23.8. The standard InChI is InChI=1S/C57H97NO5/c1-4-7-10-13-16-19-22-25-27-29-31-34-37-40-43-46-49-55(60)54(52-59)58-56(61)51-53(48-45-42-39-36-33-30-24-21-18-15-12-9-6-3)63-57(62)50-47-44-41-38-35-32-28-26-23-20-17-14-11-8-5-2/h8-9,11-12,14-15,17-18,20-21,23-24,30,33,36,39,53-55,59-60H,4-7,10,13,16,19,22,25-29,31-32,34-35,37-38,40-52H2,1-3H3,(H,58,61)/b11-8+,12-9+,17-14+,18-15+,23-20+,24-21-,33-30-,39-36+. The third-order valence-electron chi connectivity index (χ3n) is 11.3. The molecule has 0 aromatic heterocycles. The molecular weight excluding hydrogens is 779 g/mol. The van der Waals surface area contributed by atoms with E-state index in [1.54, 1.807) is 0 Å². The number of amides is 1. The minimum absolute atomic E-state index is 0.0186. The van der Waals surface area contributed by atoms with Crippen molar-refractivity contribution in [2.45, 2.75) is 244 Å². The van der Waals surface area contributed by atoms with Crippen molar-refractivity contribution in [3.8, 4) is 0 Å². The van der Waals surface area contributed by atoms with E-state index >= 15 is 0 Å². The smallest absolute Gasteiger partial charge is 0.306 e. The van der Waals surface area contributed by atoms with Gasteiger partial charge in [0.2, 0.25) is 5.91 Å². The molecule has 0 aliphatic carbocycles. The van der Waals surface area contributed by atoms with Crippen LogP contribution < -0.4 is 5.32 Å². The van der Waals surface area contributed by atoms with Gasteiger partial charge in [-0.15, -0.1) is 0 Å². The Kier molecular flexibility index (Phi) is 47.2. The molecule has 0 radical (unpaired) electrons. The number of rotatable bonds is 45. The number of esters is 1. The van der Waals surface area contributed by atoms with Crippen molar-refractivity contribution in [3.63, 3.8) is 0 Å². The summed E-state index contributed by atoms with van der Waals surface area (Å²) >= 11 is 0. The van der Waals surface area contributed by atoms with Gasteiger partial charge in [-0.25, -0.2) is 0 Å². The van der Waals surface area contributed by atoms with Crippen molar-refractivity contribution in [2.24, 2.45) is 0 Å². The summed E-state index contributed by atoms with van der Waals surface area (Å²) < 4.78 is 5.89. The quantitative estimate of drug-likeness (QED) is 0.0322. The average molecular weight is 876 g/mol. The van der Waals surface area contributed by atoms with Crippen LogP contribution in [0.2, 0.25) is 0 Å². The molecule has 0 bridgehead atoms. The number of nitrogens with one attached hydrogen (secondary N) is 1. The number of aliphatic hydroxyl groups is 2. The molecule has 360 valence electrons. The number of hydrogen-bond acceptors (Lipinski definition) is 5. The van der Waals surface area contributed by atoms with Crippen molar-refractivity contribution in [1.82, 2.24) is 5.32 Å². The fourth-order valence-corrected chi connectivity index (χ4v) is 7.46. The number of carbonyl (C=O) groups is 2. The van der Waals surface area contributed by atoms with Gasteiger partial charge in [-0.2, -0.15) is 0 Å². The Balaban J connectivity index is 4.66.